The molecule has 4 rings (SSSR count). The van der Waals surface area contributed by atoms with E-state index < -0.39 is 0 Å². The zero-order valence-corrected chi connectivity index (χ0v) is 11.6. The maximum Gasteiger partial charge on any atom is 0.194 e. The van der Waals surface area contributed by atoms with Crippen LogP contribution in [0.15, 0.2) is 30.3 Å². The van der Waals surface area contributed by atoms with Crippen LogP contribution in [-0.4, -0.2) is 25.1 Å². The maximum atomic E-state index is 12.2. The van der Waals surface area contributed by atoms with Crippen LogP contribution in [-0.2, 0) is 0 Å². The Morgan fingerprint density at radius 3 is 2.33 bits per heavy atom. The molecule has 3 aromatic carbocycles. The number of carbonyl (C=O) groups is 1. The number of benzene rings is 3. The molecule has 0 saturated heterocycles. The minimum absolute atomic E-state index is 0.0268. The van der Waals surface area contributed by atoms with Crippen molar-refractivity contribution in [3.63, 3.8) is 0 Å². The lowest BCUT2D eigenvalue weighted by atomic mass is 9.80. The number of aromatic hydroxyl groups is 1. The molecule has 0 fully saturated rings. The second kappa shape index (κ2) is 3.88. The van der Waals surface area contributed by atoms with Gasteiger partial charge in [0.25, 0.3) is 0 Å². The van der Waals surface area contributed by atoms with Gasteiger partial charge in [-0.3, -0.25) is 4.79 Å². The SMILES string of the molecule is COc1cc2c3c(cc4c(OC)cccc4c3c1O)C2=O. The molecule has 4 nitrogen and oxygen atoms in total. The minimum Gasteiger partial charge on any atom is -0.504 e. The van der Waals surface area contributed by atoms with E-state index in [9.17, 15) is 9.90 Å². The fourth-order valence-corrected chi connectivity index (χ4v) is 3.09. The summed E-state index contributed by atoms with van der Waals surface area (Å²) >= 11 is 0. The van der Waals surface area contributed by atoms with E-state index in [1.807, 2.05) is 24.3 Å². The maximum absolute atomic E-state index is 12.2. The highest BCUT2D eigenvalue weighted by Gasteiger charge is 2.32. The van der Waals surface area contributed by atoms with Crippen molar-refractivity contribution >= 4 is 27.3 Å². The van der Waals surface area contributed by atoms with Crippen molar-refractivity contribution in [3.8, 4) is 17.2 Å². The predicted molar refractivity (Wildman–Crippen MR) is 79.7 cm³/mol. The molecule has 1 aliphatic carbocycles. The molecule has 1 N–H and O–H groups in total. The molecular weight excluding hydrogens is 268 g/mol. The molecule has 0 bridgehead atoms. The topological polar surface area (TPSA) is 55.8 Å². The molecule has 0 heterocycles. The quantitative estimate of drug-likeness (QED) is 0.573. The summed E-state index contributed by atoms with van der Waals surface area (Å²) in [6.45, 7) is 0. The Balaban J connectivity index is 2.29. The van der Waals surface area contributed by atoms with Crippen molar-refractivity contribution in [2.75, 3.05) is 14.2 Å². The van der Waals surface area contributed by atoms with Crippen LogP contribution in [0, 0.1) is 0 Å². The van der Waals surface area contributed by atoms with Gasteiger partial charge in [0, 0.05) is 27.3 Å². The summed E-state index contributed by atoms with van der Waals surface area (Å²) in [7, 11) is 3.06. The Hall–Kier alpha value is -2.75. The van der Waals surface area contributed by atoms with Gasteiger partial charge in [0.15, 0.2) is 17.3 Å². The van der Waals surface area contributed by atoms with Crippen LogP contribution >= 0.6 is 0 Å². The molecule has 0 aromatic heterocycles. The molecular formula is C17H12O4. The van der Waals surface area contributed by atoms with Gasteiger partial charge in [0.05, 0.1) is 14.2 Å². The number of phenols is 1. The van der Waals surface area contributed by atoms with Crippen LogP contribution in [0.2, 0.25) is 0 Å². The van der Waals surface area contributed by atoms with E-state index in [0.717, 1.165) is 16.2 Å². The number of ether oxygens (including phenoxy) is 2. The third kappa shape index (κ3) is 1.31. The smallest absolute Gasteiger partial charge is 0.194 e. The zero-order chi connectivity index (χ0) is 14.7. The lowest BCUT2D eigenvalue weighted by Crippen LogP contribution is -2.14. The Kier molecular flexibility index (Phi) is 2.22. The number of hydrogen-bond acceptors (Lipinski definition) is 4. The largest absolute Gasteiger partial charge is 0.504 e. The molecule has 4 heteroatoms. The van der Waals surface area contributed by atoms with Gasteiger partial charge >= 0.3 is 0 Å². The van der Waals surface area contributed by atoms with E-state index >= 15 is 0 Å². The lowest BCUT2D eigenvalue weighted by Gasteiger charge is -2.23. The summed E-state index contributed by atoms with van der Waals surface area (Å²) in [5.74, 6) is 1.02. The molecule has 0 unspecified atom stereocenters. The molecule has 1 aliphatic rings. The van der Waals surface area contributed by atoms with Crippen LogP contribution in [0.25, 0.3) is 21.5 Å². The Labute approximate surface area is 120 Å². The number of phenolic OH excluding ortho intramolecular Hbond substituents is 1. The lowest BCUT2D eigenvalue weighted by molar-refractivity contribution is 0.103. The molecule has 0 saturated carbocycles. The van der Waals surface area contributed by atoms with Crippen molar-refractivity contribution in [2.24, 2.45) is 0 Å². The number of rotatable bonds is 2. The second-order valence-electron chi connectivity index (χ2n) is 5.03. The van der Waals surface area contributed by atoms with Crippen LogP contribution in [0.4, 0.5) is 0 Å². The summed E-state index contributed by atoms with van der Waals surface area (Å²) in [6, 6.07) is 9.03. The van der Waals surface area contributed by atoms with Crippen LogP contribution in [0.1, 0.15) is 15.9 Å². The fraction of sp³-hybridized carbons (Fsp3) is 0.118. The van der Waals surface area contributed by atoms with Gasteiger partial charge in [0.1, 0.15) is 5.75 Å². The standard InChI is InChI=1S/C17H12O4/c1-20-12-5-3-4-8-9(12)6-10-14-11(16(10)18)7-13(21-2)17(19)15(8)14/h3-7,19H,1-2H3. The average Bonchev–Trinajstić information content (AvgIpc) is 2.53. The molecule has 0 amide bonds. The molecule has 104 valence electrons. The van der Waals surface area contributed by atoms with Gasteiger partial charge in [-0.25, -0.2) is 0 Å². The third-order valence-electron chi connectivity index (χ3n) is 4.09. The normalized spacial score (nSPS) is 12.6. The summed E-state index contributed by atoms with van der Waals surface area (Å²) in [5, 5.41) is 13.6. The van der Waals surface area contributed by atoms with Crippen molar-refractivity contribution in [1.29, 1.82) is 0 Å². The monoisotopic (exact) mass is 280 g/mol. The molecule has 0 radical (unpaired) electrons. The second-order valence-corrected chi connectivity index (χ2v) is 5.03. The van der Waals surface area contributed by atoms with E-state index in [0.29, 0.717) is 28.0 Å². The Morgan fingerprint density at radius 2 is 1.62 bits per heavy atom. The number of fused-ring (bicyclic) bond motifs is 2. The molecule has 0 spiro atoms. The van der Waals surface area contributed by atoms with Crippen LogP contribution in [0.5, 0.6) is 17.2 Å². The van der Waals surface area contributed by atoms with Crippen molar-refractivity contribution < 1.29 is 19.4 Å². The van der Waals surface area contributed by atoms with Crippen molar-refractivity contribution in [1.82, 2.24) is 0 Å². The van der Waals surface area contributed by atoms with Gasteiger partial charge in [-0.1, -0.05) is 12.1 Å². The average molecular weight is 280 g/mol. The molecule has 0 atom stereocenters. The summed E-state index contributed by atoms with van der Waals surface area (Å²) in [6.07, 6.45) is 0. The Bertz CT molecular complexity index is 941. The highest BCUT2D eigenvalue weighted by molar-refractivity contribution is 6.37. The van der Waals surface area contributed by atoms with E-state index in [2.05, 4.69) is 0 Å². The summed E-state index contributed by atoms with van der Waals surface area (Å²) in [5.41, 5.74) is 1.22. The first-order chi connectivity index (χ1) is 10.2. The first kappa shape index (κ1) is 12.0. The van der Waals surface area contributed by atoms with E-state index in [4.69, 9.17) is 9.47 Å². The van der Waals surface area contributed by atoms with Crippen molar-refractivity contribution in [3.05, 3.63) is 41.5 Å². The molecule has 21 heavy (non-hydrogen) atoms. The van der Waals surface area contributed by atoms with E-state index in [-0.39, 0.29) is 11.5 Å². The number of ketones is 1. The predicted octanol–water partition coefficient (Wildman–Crippen LogP) is 3.26. The van der Waals surface area contributed by atoms with E-state index in [1.165, 1.54) is 7.11 Å². The first-order valence-electron chi connectivity index (χ1n) is 6.55. The van der Waals surface area contributed by atoms with Gasteiger partial charge < -0.3 is 14.6 Å². The number of methoxy groups -OCH3 is 2. The molecule has 0 aliphatic heterocycles. The first-order valence-corrected chi connectivity index (χ1v) is 6.55. The summed E-state index contributed by atoms with van der Waals surface area (Å²) in [4.78, 5) is 12.2. The van der Waals surface area contributed by atoms with Gasteiger partial charge in [-0.05, 0) is 23.6 Å². The third-order valence-corrected chi connectivity index (χ3v) is 4.09. The van der Waals surface area contributed by atoms with Crippen molar-refractivity contribution in [2.45, 2.75) is 0 Å². The summed E-state index contributed by atoms with van der Waals surface area (Å²) < 4.78 is 10.5. The van der Waals surface area contributed by atoms with Gasteiger partial charge in [-0.2, -0.15) is 0 Å². The fourth-order valence-electron chi connectivity index (χ4n) is 3.09. The van der Waals surface area contributed by atoms with Gasteiger partial charge in [0.2, 0.25) is 0 Å². The van der Waals surface area contributed by atoms with Crippen LogP contribution in [0.3, 0.4) is 0 Å². The number of hydrogen-bond donors (Lipinski definition) is 1. The zero-order valence-electron chi connectivity index (χ0n) is 11.6. The minimum atomic E-state index is -0.0268. The molecule has 3 aromatic rings. The highest BCUT2D eigenvalue weighted by Crippen LogP contribution is 2.48. The highest BCUT2D eigenvalue weighted by atomic mass is 16.5. The van der Waals surface area contributed by atoms with Crippen LogP contribution < -0.4 is 9.47 Å². The van der Waals surface area contributed by atoms with Gasteiger partial charge in [-0.15, -0.1) is 0 Å². The Morgan fingerprint density at radius 1 is 0.905 bits per heavy atom. The van der Waals surface area contributed by atoms with E-state index in [1.54, 1.807) is 13.2 Å². The number of carbonyl (C=O) groups excluding carboxylic acids is 1.